The van der Waals surface area contributed by atoms with Crippen molar-refractivity contribution in [2.75, 3.05) is 11.5 Å². The van der Waals surface area contributed by atoms with E-state index in [1.54, 1.807) is 18.2 Å². The van der Waals surface area contributed by atoms with E-state index in [4.69, 9.17) is 20.9 Å². The van der Waals surface area contributed by atoms with Crippen molar-refractivity contribution in [3.8, 4) is 17.2 Å². The molecular formula is C20H23N3O2. The summed E-state index contributed by atoms with van der Waals surface area (Å²) in [4.78, 5) is 3.24. The molecule has 0 fully saturated rings. The second-order valence-corrected chi connectivity index (χ2v) is 6.11. The van der Waals surface area contributed by atoms with Crippen molar-refractivity contribution in [3.05, 3.63) is 66.5 Å². The van der Waals surface area contributed by atoms with Crippen molar-refractivity contribution in [1.29, 1.82) is 0 Å². The lowest BCUT2D eigenvalue weighted by Crippen LogP contribution is -2.29. The molecule has 5 N–H and O–H groups in total. The lowest BCUT2D eigenvalue weighted by molar-refractivity contribution is 0.0754. The first-order chi connectivity index (χ1) is 12.0. The average Bonchev–Trinajstić information content (AvgIpc) is 3.15. The Morgan fingerprint density at radius 3 is 2.36 bits per heavy atom. The number of aromatic amines is 1. The Morgan fingerprint density at radius 1 is 0.960 bits per heavy atom. The first-order valence-corrected chi connectivity index (χ1v) is 8.26. The zero-order valence-electron chi connectivity index (χ0n) is 14.5. The molecule has 5 heteroatoms. The molecule has 0 saturated carbocycles. The summed E-state index contributed by atoms with van der Waals surface area (Å²) in [7, 11) is 0. The standard InChI is InChI=1S/C20H23N3O2/c1-3-20(2,19-9-6-12-23-19)25-18-8-5-4-7-17(18)24-14-10-11-15(21)16(22)13-14/h4-13,23H,3,21-22H2,1-2H3. The van der Waals surface area contributed by atoms with Gasteiger partial charge in [0, 0.05) is 12.3 Å². The highest BCUT2D eigenvalue weighted by Crippen LogP contribution is 2.38. The van der Waals surface area contributed by atoms with Crippen LogP contribution in [0, 0.1) is 0 Å². The lowest BCUT2D eigenvalue weighted by Gasteiger charge is -2.29. The first kappa shape index (κ1) is 16.8. The molecule has 1 unspecified atom stereocenters. The maximum absolute atomic E-state index is 6.34. The van der Waals surface area contributed by atoms with Gasteiger partial charge < -0.3 is 25.9 Å². The molecule has 0 spiro atoms. The summed E-state index contributed by atoms with van der Waals surface area (Å²) >= 11 is 0. The molecule has 3 rings (SSSR count). The average molecular weight is 337 g/mol. The van der Waals surface area contributed by atoms with Gasteiger partial charge >= 0.3 is 0 Å². The fraction of sp³-hybridized carbons (Fsp3) is 0.200. The zero-order chi connectivity index (χ0) is 17.9. The summed E-state index contributed by atoms with van der Waals surface area (Å²) in [6.45, 7) is 4.14. The molecule has 0 amide bonds. The van der Waals surface area contributed by atoms with E-state index in [2.05, 4.69) is 18.8 Å². The Bertz CT molecular complexity index is 846. The summed E-state index contributed by atoms with van der Waals surface area (Å²) in [6.07, 6.45) is 2.70. The number of nitrogens with one attached hydrogen (secondary N) is 1. The molecule has 25 heavy (non-hydrogen) atoms. The van der Waals surface area contributed by atoms with Crippen LogP contribution in [0.1, 0.15) is 26.0 Å². The first-order valence-electron chi connectivity index (χ1n) is 8.26. The Balaban J connectivity index is 1.89. The molecule has 0 aliphatic heterocycles. The highest BCUT2D eigenvalue weighted by Gasteiger charge is 2.29. The third-order valence-electron chi connectivity index (χ3n) is 4.31. The summed E-state index contributed by atoms with van der Waals surface area (Å²) in [6, 6.07) is 16.8. The van der Waals surface area contributed by atoms with Crippen molar-refractivity contribution in [3.63, 3.8) is 0 Å². The van der Waals surface area contributed by atoms with Crippen molar-refractivity contribution in [2.45, 2.75) is 25.9 Å². The Kier molecular flexibility index (Phi) is 4.57. The largest absolute Gasteiger partial charge is 0.477 e. The van der Waals surface area contributed by atoms with Crippen LogP contribution < -0.4 is 20.9 Å². The Hall–Kier alpha value is -3.08. The fourth-order valence-electron chi connectivity index (χ4n) is 2.58. The predicted molar refractivity (Wildman–Crippen MR) is 101 cm³/mol. The number of hydrogen-bond acceptors (Lipinski definition) is 4. The van der Waals surface area contributed by atoms with Crippen LogP contribution in [0.2, 0.25) is 0 Å². The molecule has 2 aromatic carbocycles. The molecule has 0 aliphatic carbocycles. The summed E-state index contributed by atoms with van der Waals surface area (Å²) < 4.78 is 12.3. The number of nitrogens with two attached hydrogens (primary N) is 2. The molecule has 0 saturated heterocycles. The number of rotatable bonds is 6. The van der Waals surface area contributed by atoms with Gasteiger partial charge in [0.1, 0.15) is 11.4 Å². The minimum Gasteiger partial charge on any atom is -0.477 e. The molecule has 130 valence electrons. The van der Waals surface area contributed by atoms with Crippen LogP contribution in [-0.2, 0) is 5.60 Å². The molecule has 0 aliphatic rings. The molecule has 1 aromatic heterocycles. The Morgan fingerprint density at radius 2 is 1.72 bits per heavy atom. The van der Waals surface area contributed by atoms with Crippen molar-refractivity contribution < 1.29 is 9.47 Å². The van der Waals surface area contributed by atoms with E-state index in [1.807, 2.05) is 42.6 Å². The van der Waals surface area contributed by atoms with Crippen LogP contribution in [0.4, 0.5) is 11.4 Å². The normalized spacial score (nSPS) is 13.2. The predicted octanol–water partition coefficient (Wildman–Crippen LogP) is 4.68. The second kappa shape index (κ2) is 6.81. The van der Waals surface area contributed by atoms with E-state index < -0.39 is 5.60 Å². The van der Waals surface area contributed by atoms with Crippen molar-refractivity contribution >= 4 is 11.4 Å². The van der Waals surface area contributed by atoms with Crippen molar-refractivity contribution in [2.24, 2.45) is 0 Å². The van der Waals surface area contributed by atoms with Gasteiger partial charge in [-0.2, -0.15) is 0 Å². The second-order valence-electron chi connectivity index (χ2n) is 6.11. The molecular weight excluding hydrogens is 314 g/mol. The summed E-state index contributed by atoms with van der Waals surface area (Å²) in [5.74, 6) is 1.90. The lowest BCUT2D eigenvalue weighted by atomic mass is 9.99. The third kappa shape index (κ3) is 3.55. The highest BCUT2D eigenvalue weighted by molar-refractivity contribution is 5.65. The number of aromatic nitrogens is 1. The van der Waals surface area contributed by atoms with Crippen LogP contribution >= 0.6 is 0 Å². The Labute approximate surface area is 147 Å². The van der Waals surface area contributed by atoms with Gasteiger partial charge in [0.05, 0.1) is 17.1 Å². The molecule has 0 bridgehead atoms. The maximum Gasteiger partial charge on any atom is 0.169 e. The van der Waals surface area contributed by atoms with Gasteiger partial charge in [-0.15, -0.1) is 0 Å². The van der Waals surface area contributed by atoms with Crippen LogP contribution in [-0.4, -0.2) is 4.98 Å². The van der Waals surface area contributed by atoms with Crippen LogP contribution in [0.15, 0.2) is 60.8 Å². The van der Waals surface area contributed by atoms with E-state index >= 15 is 0 Å². The minimum atomic E-state index is -0.483. The van der Waals surface area contributed by atoms with Crippen molar-refractivity contribution in [1.82, 2.24) is 4.98 Å². The van der Waals surface area contributed by atoms with Crippen LogP contribution in [0.25, 0.3) is 0 Å². The number of H-pyrrole nitrogens is 1. The van der Waals surface area contributed by atoms with Crippen LogP contribution in [0.5, 0.6) is 17.2 Å². The minimum absolute atomic E-state index is 0.483. The quantitative estimate of drug-likeness (QED) is 0.570. The highest BCUT2D eigenvalue weighted by atomic mass is 16.5. The monoisotopic (exact) mass is 337 g/mol. The molecule has 0 radical (unpaired) electrons. The maximum atomic E-state index is 6.34. The van der Waals surface area contributed by atoms with Crippen LogP contribution in [0.3, 0.4) is 0 Å². The zero-order valence-corrected chi connectivity index (χ0v) is 14.5. The smallest absolute Gasteiger partial charge is 0.169 e. The summed E-state index contributed by atoms with van der Waals surface area (Å²) in [5.41, 5.74) is 13.2. The third-order valence-corrected chi connectivity index (χ3v) is 4.31. The summed E-state index contributed by atoms with van der Waals surface area (Å²) in [5, 5.41) is 0. The molecule has 3 aromatic rings. The number of hydrogen-bond donors (Lipinski definition) is 3. The van der Waals surface area contributed by atoms with Gasteiger partial charge in [-0.25, -0.2) is 0 Å². The van der Waals surface area contributed by atoms with Gasteiger partial charge in [-0.3, -0.25) is 0 Å². The molecule has 1 heterocycles. The van der Waals surface area contributed by atoms with Gasteiger partial charge in [0.15, 0.2) is 11.5 Å². The van der Waals surface area contributed by atoms with E-state index in [0.717, 1.165) is 12.1 Å². The SMILES string of the molecule is CCC(C)(Oc1ccccc1Oc1ccc(N)c(N)c1)c1ccc[nH]1. The van der Waals surface area contributed by atoms with Gasteiger partial charge in [0.25, 0.3) is 0 Å². The number of benzene rings is 2. The van der Waals surface area contributed by atoms with E-state index in [0.29, 0.717) is 28.6 Å². The van der Waals surface area contributed by atoms with E-state index in [9.17, 15) is 0 Å². The number of para-hydroxylation sites is 2. The van der Waals surface area contributed by atoms with E-state index in [-0.39, 0.29) is 0 Å². The fourth-order valence-corrected chi connectivity index (χ4v) is 2.58. The van der Waals surface area contributed by atoms with E-state index in [1.165, 1.54) is 0 Å². The number of ether oxygens (including phenoxy) is 2. The van der Waals surface area contributed by atoms with Gasteiger partial charge in [0.2, 0.25) is 0 Å². The van der Waals surface area contributed by atoms with Gasteiger partial charge in [-0.1, -0.05) is 19.1 Å². The number of nitrogen functional groups attached to an aromatic ring is 2. The molecule has 5 nitrogen and oxygen atoms in total. The molecule has 1 atom stereocenters. The topological polar surface area (TPSA) is 86.3 Å². The number of anilines is 2. The van der Waals surface area contributed by atoms with Gasteiger partial charge in [-0.05, 0) is 49.7 Å².